The highest BCUT2D eigenvalue weighted by atomic mass is 16.5. The molecular weight excluding hydrogens is 386 g/mol. The van der Waals surface area contributed by atoms with Crippen molar-refractivity contribution in [2.75, 3.05) is 66.6 Å². The van der Waals surface area contributed by atoms with Crippen molar-refractivity contribution in [2.24, 2.45) is 0 Å². The van der Waals surface area contributed by atoms with Gasteiger partial charge >= 0.3 is 0 Å². The van der Waals surface area contributed by atoms with E-state index < -0.39 is 6.10 Å². The maximum absolute atomic E-state index is 12.5. The molecule has 0 aromatic heterocycles. The summed E-state index contributed by atoms with van der Waals surface area (Å²) in [6.07, 6.45) is -0.479. The molecule has 30 heavy (non-hydrogen) atoms. The zero-order valence-corrected chi connectivity index (χ0v) is 18.9. The van der Waals surface area contributed by atoms with Crippen LogP contribution in [0.25, 0.3) is 0 Å². The van der Waals surface area contributed by atoms with Gasteiger partial charge in [-0.15, -0.1) is 0 Å². The van der Waals surface area contributed by atoms with Crippen molar-refractivity contribution in [1.82, 2.24) is 15.1 Å². The van der Waals surface area contributed by atoms with Crippen LogP contribution in [0.1, 0.15) is 31.1 Å². The van der Waals surface area contributed by atoms with Gasteiger partial charge in [-0.2, -0.15) is 0 Å². The molecule has 2 rings (SSSR count). The lowest BCUT2D eigenvalue weighted by atomic mass is 10.1. The number of piperazine rings is 1. The fourth-order valence-electron chi connectivity index (χ4n) is 3.38. The van der Waals surface area contributed by atoms with E-state index in [0.29, 0.717) is 36.8 Å². The molecule has 170 valence electrons. The van der Waals surface area contributed by atoms with E-state index >= 15 is 0 Å². The first-order chi connectivity index (χ1) is 14.2. The highest BCUT2D eigenvalue weighted by molar-refractivity contribution is 5.97. The number of benzene rings is 1. The zero-order valence-electron chi connectivity index (χ0n) is 18.9. The summed E-state index contributed by atoms with van der Waals surface area (Å²) in [6, 6.07) is 5.27. The zero-order chi connectivity index (χ0) is 22.1. The van der Waals surface area contributed by atoms with E-state index in [1.54, 1.807) is 25.3 Å². The van der Waals surface area contributed by atoms with Crippen LogP contribution in [0, 0.1) is 0 Å². The lowest BCUT2D eigenvalue weighted by Crippen LogP contribution is -2.50. The molecule has 1 amide bonds. The minimum atomic E-state index is -0.479. The number of hydrogen-bond acceptors (Lipinski definition) is 7. The third-order valence-electron chi connectivity index (χ3n) is 5.00. The minimum absolute atomic E-state index is 0.175. The van der Waals surface area contributed by atoms with Crippen molar-refractivity contribution in [3.63, 3.8) is 0 Å². The predicted molar refractivity (Wildman–Crippen MR) is 116 cm³/mol. The molecule has 1 saturated heterocycles. The quantitative estimate of drug-likeness (QED) is 0.586. The summed E-state index contributed by atoms with van der Waals surface area (Å²) in [4.78, 5) is 17.1. The minimum Gasteiger partial charge on any atom is -0.493 e. The molecule has 0 spiro atoms. The van der Waals surface area contributed by atoms with E-state index in [4.69, 9.17) is 14.2 Å². The average molecular weight is 424 g/mol. The number of methoxy groups -OCH3 is 2. The van der Waals surface area contributed by atoms with Gasteiger partial charge < -0.3 is 24.6 Å². The molecule has 8 nitrogen and oxygen atoms in total. The van der Waals surface area contributed by atoms with E-state index in [0.717, 1.165) is 32.7 Å². The molecule has 1 heterocycles. The van der Waals surface area contributed by atoms with Gasteiger partial charge in [0.05, 0.1) is 38.1 Å². The van der Waals surface area contributed by atoms with Crippen molar-refractivity contribution in [1.29, 1.82) is 0 Å². The second-order valence-electron chi connectivity index (χ2n) is 8.52. The number of β-amino-alcohol motifs (C(OH)–C–C–N with tert-alkyl or cyclic N) is 1. The standard InChI is InChI=1S/C22H37N3O5/c1-22(2,3)30-16-17(26)15-25-13-11-24(12-14-25)10-9-23-21(27)18-7-6-8-19(28-4)20(18)29-5/h6-8,17,26H,9-16H2,1-5H3,(H,23,27)/t17-/m1/s1. The molecule has 1 aromatic carbocycles. The molecule has 1 aromatic rings. The van der Waals surface area contributed by atoms with Gasteiger partial charge in [0.2, 0.25) is 0 Å². The van der Waals surface area contributed by atoms with Crippen LogP contribution in [-0.4, -0.2) is 99.2 Å². The highest BCUT2D eigenvalue weighted by Crippen LogP contribution is 2.30. The number of hydrogen-bond donors (Lipinski definition) is 2. The number of nitrogens with one attached hydrogen (secondary N) is 1. The molecule has 1 atom stereocenters. The number of aliphatic hydroxyl groups is 1. The SMILES string of the molecule is COc1cccc(C(=O)NCCN2CCN(C[C@@H](O)COC(C)(C)C)CC2)c1OC. The van der Waals surface area contributed by atoms with Gasteiger partial charge in [-0.25, -0.2) is 0 Å². The normalized spacial score (nSPS) is 16.9. The van der Waals surface area contributed by atoms with Crippen LogP contribution in [0.2, 0.25) is 0 Å². The van der Waals surface area contributed by atoms with Crippen molar-refractivity contribution in [3.05, 3.63) is 23.8 Å². The Hall–Kier alpha value is -1.87. The molecule has 1 aliphatic rings. The lowest BCUT2D eigenvalue weighted by molar-refractivity contribution is -0.0585. The number of carbonyl (C=O) groups is 1. The van der Waals surface area contributed by atoms with Crippen molar-refractivity contribution >= 4 is 5.91 Å². The molecule has 1 aliphatic heterocycles. The first kappa shape index (κ1) is 24.4. The van der Waals surface area contributed by atoms with Gasteiger partial charge in [0.25, 0.3) is 5.91 Å². The number of rotatable bonds is 10. The molecule has 0 radical (unpaired) electrons. The largest absolute Gasteiger partial charge is 0.493 e. The third-order valence-corrected chi connectivity index (χ3v) is 5.00. The number of amides is 1. The molecule has 2 N–H and O–H groups in total. The topological polar surface area (TPSA) is 83.5 Å². The maximum Gasteiger partial charge on any atom is 0.255 e. The number of ether oxygens (including phenoxy) is 3. The van der Waals surface area contributed by atoms with E-state index in [1.807, 2.05) is 20.8 Å². The van der Waals surface area contributed by atoms with Crippen LogP contribution < -0.4 is 14.8 Å². The number of nitrogens with zero attached hydrogens (tertiary/aromatic N) is 2. The first-order valence-corrected chi connectivity index (χ1v) is 10.5. The summed E-state index contributed by atoms with van der Waals surface area (Å²) >= 11 is 0. The van der Waals surface area contributed by atoms with Gasteiger partial charge in [-0.05, 0) is 32.9 Å². The maximum atomic E-state index is 12.5. The molecule has 1 fully saturated rings. The van der Waals surface area contributed by atoms with E-state index in [1.165, 1.54) is 7.11 Å². The summed E-state index contributed by atoms with van der Waals surface area (Å²) < 4.78 is 16.2. The Morgan fingerprint density at radius 2 is 1.80 bits per heavy atom. The summed E-state index contributed by atoms with van der Waals surface area (Å²) in [5, 5.41) is 13.1. The third kappa shape index (κ3) is 7.75. The monoisotopic (exact) mass is 423 g/mol. The van der Waals surface area contributed by atoms with Gasteiger partial charge in [0, 0.05) is 45.8 Å². The van der Waals surface area contributed by atoms with E-state index in [2.05, 4.69) is 15.1 Å². The Balaban J connectivity index is 1.70. The van der Waals surface area contributed by atoms with Crippen LogP contribution in [-0.2, 0) is 4.74 Å². The van der Waals surface area contributed by atoms with Gasteiger partial charge in [0.1, 0.15) is 0 Å². The molecule has 8 heteroatoms. The van der Waals surface area contributed by atoms with Crippen molar-refractivity contribution in [3.8, 4) is 11.5 Å². The highest BCUT2D eigenvalue weighted by Gasteiger charge is 2.21. The Morgan fingerprint density at radius 3 is 2.40 bits per heavy atom. The first-order valence-electron chi connectivity index (χ1n) is 10.5. The van der Waals surface area contributed by atoms with Gasteiger partial charge in [-0.3, -0.25) is 14.6 Å². The summed E-state index contributed by atoms with van der Waals surface area (Å²) in [6.45, 7) is 11.9. The summed E-state index contributed by atoms with van der Waals surface area (Å²) in [5.41, 5.74) is 0.229. The van der Waals surface area contributed by atoms with Crippen LogP contribution in [0.4, 0.5) is 0 Å². The number of para-hydroxylation sites is 1. The van der Waals surface area contributed by atoms with Crippen molar-refractivity contribution < 1.29 is 24.1 Å². The Bertz CT molecular complexity index is 669. The van der Waals surface area contributed by atoms with Crippen LogP contribution in [0.3, 0.4) is 0 Å². The average Bonchev–Trinajstić information content (AvgIpc) is 2.72. The Morgan fingerprint density at radius 1 is 1.13 bits per heavy atom. The smallest absolute Gasteiger partial charge is 0.255 e. The lowest BCUT2D eigenvalue weighted by Gasteiger charge is -2.35. The van der Waals surface area contributed by atoms with Gasteiger partial charge in [0.15, 0.2) is 11.5 Å². The molecule has 0 aliphatic carbocycles. The van der Waals surface area contributed by atoms with E-state index in [9.17, 15) is 9.90 Å². The second kappa shape index (κ2) is 11.5. The van der Waals surface area contributed by atoms with Crippen LogP contribution in [0.15, 0.2) is 18.2 Å². The summed E-state index contributed by atoms with van der Waals surface area (Å²) in [7, 11) is 3.08. The fraction of sp³-hybridized carbons (Fsp3) is 0.682. The van der Waals surface area contributed by atoms with Gasteiger partial charge in [-0.1, -0.05) is 6.07 Å². The second-order valence-corrected chi connectivity index (χ2v) is 8.52. The molecule has 0 bridgehead atoms. The predicted octanol–water partition coefficient (Wildman–Crippen LogP) is 1.23. The summed E-state index contributed by atoms with van der Waals surface area (Å²) in [5.74, 6) is 0.808. The van der Waals surface area contributed by atoms with Crippen LogP contribution >= 0.6 is 0 Å². The fourth-order valence-corrected chi connectivity index (χ4v) is 3.38. The van der Waals surface area contributed by atoms with Crippen LogP contribution in [0.5, 0.6) is 11.5 Å². The van der Waals surface area contributed by atoms with Crippen molar-refractivity contribution in [2.45, 2.75) is 32.5 Å². The number of aliphatic hydroxyl groups excluding tert-OH is 1. The number of carbonyl (C=O) groups excluding carboxylic acids is 1. The van der Waals surface area contributed by atoms with E-state index in [-0.39, 0.29) is 11.5 Å². The molecule has 0 unspecified atom stereocenters. The molecular formula is C22H37N3O5. The Kier molecular flexibility index (Phi) is 9.36. The molecule has 0 saturated carbocycles. The Labute approximate surface area is 180 Å².